The van der Waals surface area contributed by atoms with Crippen molar-refractivity contribution in [2.24, 2.45) is 12.9 Å². The zero-order chi connectivity index (χ0) is 19.8. The van der Waals surface area contributed by atoms with Crippen molar-refractivity contribution in [2.75, 3.05) is 18.0 Å². The van der Waals surface area contributed by atoms with Gasteiger partial charge < -0.3 is 9.47 Å². The summed E-state index contributed by atoms with van der Waals surface area (Å²) >= 11 is 0. The normalized spacial score (nSPS) is 18.6. The Labute approximate surface area is 158 Å². The fourth-order valence-corrected chi connectivity index (χ4v) is 3.95. The zero-order valence-electron chi connectivity index (χ0n) is 17.7. The van der Waals surface area contributed by atoms with Crippen LogP contribution in [-0.4, -0.2) is 28.6 Å². The van der Waals surface area contributed by atoms with Crippen LogP contribution in [0, 0.1) is 5.92 Å². The molecular weight excluding hydrogens is 322 g/mol. The highest BCUT2D eigenvalue weighted by Gasteiger charge is 2.26. The molecular formula is C22H29N3O. The molecule has 0 radical (unpaired) electrons. The number of hydrogen-bond acceptors (Lipinski definition) is 3. The summed E-state index contributed by atoms with van der Waals surface area (Å²) in [5.41, 5.74) is 4.44. The van der Waals surface area contributed by atoms with Gasteiger partial charge >= 0.3 is 0 Å². The highest BCUT2D eigenvalue weighted by Crippen LogP contribution is 2.34. The molecule has 4 nitrogen and oxygen atoms in total. The van der Waals surface area contributed by atoms with Crippen molar-refractivity contribution in [3.63, 3.8) is 0 Å². The van der Waals surface area contributed by atoms with Gasteiger partial charge in [-0.05, 0) is 68.4 Å². The third-order valence-electron chi connectivity index (χ3n) is 5.49. The van der Waals surface area contributed by atoms with Crippen molar-refractivity contribution in [3.8, 4) is 0 Å². The Morgan fingerprint density at radius 3 is 2.73 bits per heavy atom. The van der Waals surface area contributed by atoms with Crippen LogP contribution >= 0.6 is 0 Å². The summed E-state index contributed by atoms with van der Waals surface area (Å²) < 4.78 is 16.4. The number of hydrogen-bond donors (Lipinski definition) is 0. The van der Waals surface area contributed by atoms with E-state index >= 15 is 0 Å². The van der Waals surface area contributed by atoms with Crippen molar-refractivity contribution in [2.45, 2.75) is 45.7 Å². The third kappa shape index (κ3) is 3.56. The Hall–Kier alpha value is -2.07. The highest BCUT2D eigenvalue weighted by atomic mass is 16.1. The van der Waals surface area contributed by atoms with Gasteiger partial charge in [0, 0.05) is 53.4 Å². The largest absolute Gasteiger partial charge is 0.338 e. The fourth-order valence-electron chi connectivity index (χ4n) is 3.95. The molecule has 0 unspecified atom stereocenters. The molecule has 2 aromatic rings. The van der Waals surface area contributed by atoms with Gasteiger partial charge in [0.15, 0.2) is 0 Å². The number of pyridine rings is 1. The van der Waals surface area contributed by atoms with E-state index in [2.05, 4.69) is 41.8 Å². The molecule has 138 valence electrons. The van der Waals surface area contributed by atoms with Crippen LogP contribution in [0.25, 0.3) is 0 Å². The molecule has 0 N–H and O–H groups in total. The lowest BCUT2D eigenvalue weighted by Gasteiger charge is -2.33. The molecule has 1 aliphatic heterocycles. The summed E-state index contributed by atoms with van der Waals surface area (Å²) in [6, 6.07) is 10.1. The standard InChI is InChI=1S/C22H29N3O/c1-16(2)25(21-8-9-22(26)23(3)15-21)20-7-6-18-10-11-24(13-17-4-5-17)14-19(18)12-20/h6-9,12,15-17H,4-5,10-11,13-14H2,1-3H3/i3D2. The van der Waals surface area contributed by atoms with Gasteiger partial charge in [-0.2, -0.15) is 0 Å². The van der Waals surface area contributed by atoms with Crippen LogP contribution < -0.4 is 10.5 Å². The lowest BCUT2D eigenvalue weighted by atomic mass is 9.98. The maximum atomic E-state index is 12.0. The fraction of sp³-hybridized carbons (Fsp3) is 0.500. The van der Waals surface area contributed by atoms with Gasteiger partial charge in [0.1, 0.15) is 0 Å². The minimum Gasteiger partial charge on any atom is -0.338 e. The molecule has 1 aromatic heterocycles. The molecule has 1 fully saturated rings. The first kappa shape index (κ1) is 15.0. The number of rotatable bonds is 5. The predicted molar refractivity (Wildman–Crippen MR) is 107 cm³/mol. The van der Waals surface area contributed by atoms with E-state index in [0.29, 0.717) is 0 Å². The lowest BCUT2D eigenvalue weighted by Crippen LogP contribution is -2.33. The molecule has 26 heavy (non-hydrogen) atoms. The van der Waals surface area contributed by atoms with Gasteiger partial charge in [-0.1, -0.05) is 6.07 Å². The first-order valence-corrected chi connectivity index (χ1v) is 9.62. The molecule has 1 aliphatic carbocycles. The van der Waals surface area contributed by atoms with Crippen LogP contribution in [0.1, 0.15) is 40.6 Å². The maximum Gasteiger partial charge on any atom is 0.250 e. The molecule has 0 saturated heterocycles. The van der Waals surface area contributed by atoms with Gasteiger partial charge in [0.2, 0.25) is 5.56 Å². The number of fused-ring (bicyclic) bond motifs is 1. The summed E-state index contributed by atoms with van der Waals surface area (Å²) in [4.78, 5) is 16.7. The first-order chi connectivity index (χ1) is 13.4. The average Bonchev–Trinajstić information content (AvgIpc) is 3.46. The van der Waals surface area contributed by atoms with E-state index in [9.17, 15) is 4.79 Å². The summed E-state index contributed by atoms with van der Waals surface area (Å²) in [5, 5.41) is 0. The van der Waals surface area contributed by atoms with Gasteiger partial charge in [0.25, 0.3) is 0 Å². The molecule has 1 saturated carbocycles. The van der Waals surface area contributed by atoms with Crippen LogP contribution in [0.2, 0.25) is 0 Å². The molecule has 0 atom stereocenters. The number of nitrogens with zero attached hydrogens (tertiary/aromatic N) is 3. The maximum absolute atomic E-state index is 12.0. The summed E-state index contributed by atoms with van der Waals surface area (Å²) in [6.45, 7) is 6.26. The summed E-state index contributed by atoms with van der Waals surface area (Å²) in [6.07, 6.45) is 5.50. The SMILES string of the molecule is [2H]C([2H])n1cc(N(c2ccc3c(c2)CN(CC2CC2)CC3)C(C)C)ccc1=O. The Morgan fingerprint density at radius 2 is 2.00 bits per heavy atom. The zero-order valence-corrected chi connectivity index (χ0v) is 15.7. The van der Waals surface area contributed by atoms with Gasteiger partial charge in [-0.25, -0.2) is 0 Å². The van der Waals surface area contributed by atoms with Crippen molar-refractivity contribution < 1.29 is 2.74 Å². The van der Waals surface area contributed by atoms with Crippen LogP contribution in [0.15, 0.2) is 41.3 Å². The molecule has 2 aliphatic rings. The topological polar surface area (TPSA) is 28.5 Å². The summed E-state index contributed by atoms with van der Waals surface area (Å²) in [5.74, 6) is 0.903. The second kappa shape index (κ2) is 6.92. The minimum atomic E-state index is -1.35. The van der Waals surface area contributed by atoms with Crippen LogP contribution in [0.4, 0.5) is 11.4 Å². The van der Waals surface area contributed by atoms with E-state index in [1.165, 1.54) is 36.6 Å². The molecule has 4 rings (SSSR count). The van der Waals surface area contributed by atoms with Crippen LogP contribution in [0.3, 0.4) is 0 Å². The quantitative estimate of drug-likeness (QED) is 0.820. The second-order valence-electron chi connectivity index (χ2n) is 7.98. The lowest BCUT2D eigenvalue weighted by molar-refractivity contribution is 0.244. The molecule has 0 spiro atoms. The molecule has 2 heterocycles. The van der Waals surface area contributed by atoms with Gasteiger partial charge in [-0.3, -0.25) is 9.69 Å². The Kier molecular flexibility index (Phi) is 4.00. The molecule has 1 aromatic carbocycles. The van der Waals surface area contributed by atoms with E-state index in [-0.39, 0.29) is 11.6 Å². The molecule has 0 amide bonds. The van der Waals surface area contributed by atoms with Crippen LogP contribution in [-0.2, 0) is 20.0 Å². The van der Waals surface area contributed by atoms with E-state index in [4.69, 9.17) is 2.74 Å². The Bertz CT molecular complexity index is 905. The van der Waals surface area contributed by atoms with E-state index in [0.717, 1.165) is 41.4 Å². The number of benzene rings is 1. The van der Waals surface area contributed by atoms with Crippen LogP contribution in [0.5, 0.6) is 0 Å². The average molecular weight is 354 g/mol. The van der Waals surface area contributed by atoms with E-state index < -0.39 is 7.00 Å². The molecule has 0 bridgehead atoms. The monoisotopic (exact) mass is 353 g/mol. The highest BCUT2D eigenvalue weighted by molar-refractivity contribution is 5.64. The third-order valence-corrected chi connectivity index (χ3v) is 5.49. The smallest absolute Gasteiger partial charge is 0.250 e. The number of aryl methyl sites for hydroxylation is 1. The van der Waals surface area contributed by atoms with Crippen molar-refractivity contribution in [1.29, 1.82) is 0 Å². The van der Waals surface area contributed by atoms with Crippen molar-refractivity contribution in [3.05, 3.63) is 58.0 Å². The van der Waals surface area contributed by atoms with Crippen molar-refractivity contribution in [1.82, 2.24) is 9.47 Å². The van der Waals surface area contributed by atoms with E-state index in [1.807, 2.05) is 0 Å². The predicted octanol–water partition coefficient (Wildman–Crippen LogP) is 3.70. The van der Waals surface area contributed by atoms with Gasteiger partial charge in [-0.15, -0.1) is 0 Å². The number of aromatic nitrogens is 1. The molecule has 4 heteroatoms. The van der Waals surface area contributed by atoms with E-state index in [1.54, 1.807) is 12.3 Å². The first-order valence-electron chi connectivity index (χ1n) is 10.8. The minimum absolute atomic E-state index is 0.185. The second-order valence-corrected chi connectivity index (χ2v) is 7.98. The summed E-state index contributed by atoms with van der Waals surface area (Å²) in [7, 11) is 0. The van der Waals surface area contributed by atoms with Gasteiger partial charge in [0.05, 0.1) is 5.69 Å². The number of anilines is 2. The van der Waals surface area contributed by atoms with Crippen molar-refractivity contribution >= 4 is 11.4 Å². The Balaban J connectivity index is 1.65. The Morgan fingerprint density at radius 1 is 1.19 bits per heavy atom.